The third-order valence-electron chi connectivity index (χ3n) is 2.79. The lowest BCUT2D eigenvalue weighted by molar-refractivity contribution is 0.112. The molecule has 0 spiro atoms. The minimum absolute atomic E-state index is 0.707. The normalized spacial score (nSPS) is 14.1. The highest BCUT2D eigenvalue weighted by Gasteiger charge is 2.18. The fourth-order valence-corrected chi connectivity index (χ4v) is 2.17. The largest absolute Gasteiger partial charge is 0.371 e. The first-order valence-electron chi connectivity index (χ1n) is 5.24. The molecule has 0 aliphatic carbocycles. The molecule has 2 nitrogen and oxygen atoms in total. The Morgan fingerprint density at radius 3 is 3.07 bits per heavy atom. The van der Waals surface area contributed by atoms with E-state index in [0.29, 0.717) is 5.88 Å². The zero-order valence-corrected chi connectivity index (χ0v) is 9.33. The number of alkyl halides is 1. The van der Waals surface area contributed by atoms with E-state index in [1.165, 1.54) is 11.3 Å². The number of fused-ring (bicyclic) bond motifs is 1. The molecule has 0 saturated heterocycles. The number of hydrogen-bond donors (Lipinski definition) is 0. The summed E-state index contributed by atoms with van der Waals surface area (Å²) in [6.07, 6.45) is 2.96. The van der Waals surface area contributed by atoms with Crippen LogP contribution in [0, 0.1) is 0 Å². The van der Waals surface area contributed by atoms with E-state index in [0.717, 1.165) is 37.8 Å². The van der Waals surface area contributed by atoms with Crippen molar-refractivity contribution in [1.29, 1.82) is 0 Å². The van der Waals surface area contributed by atoms with Gasteiger partial charge in [0.1, 0.15) is 6.29 Å². The summed E-state index contributed by atoms with van der Waals surface area (Å²) in [7, 11) is 0. The first-order chi connectivity index (χ1) is 7.35. The van der Waals surface area contributed by atoms with Gasteiger partial charge in [0.05, 0.1) is 0 Å². The van der Waals surface area contributed by atoms with Gasteiger partial charge in [-0.2, -0.15) is 0 Å². The quantitative estimate of drug-likeness (QED) is 0.578. The lowest BCUT2D eigenvalue weighted by Gasteiger charge is -2.18. The maximum absolute atomic E-state index is 10.6. The summed E-state index contributed by atoms with van der Waals surface area (Å²) in [5, 5.41) is 0. The Labute approximate surface area is 94.8 Å². The molecule has 1 aliphatic heterocycles. The van der Waals surface area contributed by atoms with Gasteiger partial charge >= 0.3 is 0 Å². The van der Waals surface area contributed by atoms with Gasteiger partial charge in [-0.05, 0) is 36.6 Å². The fraction of sp³-hybridized carbons (Fsp3) is 0.417. The van der Waals surface area contributed by atoms with Crippen molar-refractivity contribution in [2.45, 2.75) is 12.8 Å². The van der Waals surface area contributed by atoms with E-state index in [1.807, 2.05) is 18.2 Å². The summed E-state index contributed by atoms with van der Waals surface area (Å²) in [4.78, 5) is 13.0. The van der Waals surface area contributed by atoms with E-state index in [9.17, 15) is 4.79 Å². The van der Waals surface area contributed by atoms with Crippen LogP contribution in [0.15, 0.2) is 18.2 Å². The van der Waals surface area contributed by atoms with Crippen molar-refractivity contribution in [2.24, 2.45) is 0 Å². The maximum atomic E-state index is 10.6. The van der Waals surface area contributed by atoms with Gasteiger partial charge < -0.3 is 4.90 Å². The second-order valence-electron chi connectivity index (χ2n) is 3.79. The molecule has 1 aromatic rings. The third-order valence-corrected chi connectivity index (χ3v) is 3.06. The zero-order chi connectivity index (χ0) is 10.7. The number of aldehydes is 1. The number of hydrogen-bond acceptors (Lipinski definition) is 2. The zero-order valence-electron chi connectivity index (χ0n) is 8.58. The van der Waals surface area contributed by atoms with Crippen molar-refractivity contribution in [3.8, 4) is 0 Å². The van der Waals surface area contributed by atoms with Gasteiger partial charge in [-0.1, -0.05) is 0 Å². The summed E-state index contributed by atoms with van der Waals surface area (Å²) in [6.45, 7) is 2.06. The minimum Gasteiger partial charge on any atom is -0.371 e. The highest BCUT2D eigenvalue weighted by Crippen LogP contribution is 2.28. The van der Waals surface area contributed by atoms with E-state index in [2.05, 4.69) is 4.90 Å². The van der Waals surface area contributed by atoms with Crippen molar-refractivity contribution < 1.29 is 4.79 Å². The Kier molecular flexibility index (Phi) is 3.27. The van der Waals surface area contributed by atoms with Gasteiger partial charge in [0.25, 0.3) is 0 Å². The van der Waals surface area contributed by atoms with Gasteiger partial charge in [0.15, 0.2) is 0 Å². The molecule has 0 radical (unpaired) electrons. The lowest BCUT2D eigenvalue weighted by Crippen LogP contribution is -2.21. The number of halogens is 1. The molecule has 0 bridgehead atoms. The topological polar surface area (TPSA) is 20.3 Å². The van der Waals surface area contributed by atoms with E-state index < -0.39 is 0 Å². The standard InChI is InChI=1S/C12H14ClNO/c13-5-1-6-14-7-4-11-8-10(9-15)2-3-12(11)14/h2-3,8-9H,1,4-7H2. The molecule has 0 fully saturated rings. The van der Waals surface area contributed by atoms with E-state index in [4.69, 9.17) is 11.6 Å². The van der Waals surface area contributed by atoms with Gasteiger partial charge in [-0.15, -0.1) is 11.6 Å². The lowest BCUT2D eigenvalue weighted by atomic mass is 10.1. The number of carbonyl (C=O) groups is 1. The van der Waals surface area contributed by atoms with Crippen LogP contribution in [0.3, 0.4) is 0 Å². The van der Waals surface area contributed by atoms with Crippen LogP contribution in [0.1, 0.15) is 22.3 Å². The van der Waals surface area contributed by atoms with E-state index in [-0.39, 0.29) is 0 Å². The Morgan fingerprint density at radius 2 is 2.33 bits per heavy atom. The van der Waals surface area contributed by atoms with E-state index >= 15 is 0 Å². The summed E-state index contributed by atoms with van der Waals surface area (Å²) in [6, 6.07) is 5.91. The van der Waals surface area contributed by atoms with Crippen LogP contribution in [-0.4, -0.2) is 25.3 Å². The summed E-state index contributed by atoms with van der Waals surface area (Å²) >= 11 is 5.68. The van der Waals surface area contributed by atoms with Gasteiger partial charge in [0.2, 0.25) is 0 Å². The monoisotopic (exact) mass is 223 g/mol. The second-order valence-corrected chi connectivity index (χ2v) is 4.16. The van der Waals surface area contributed by atoms with E-state index in [1.54, 1.807) is 0 Å². The SMILES string of the molecule is O=Cc1ccc2c(c1)CCN2CCCCl. The second kappa shape index (κ2) is 4.67. The average molecular weight is 224 g/mol. The van der Waals surface area contributed by atoms with Crippen LogP contribution in [-0.2, 0) is 6.42 Å². The van der Waals surface area contributed by atoms with Gasteiger partial charge in [0, 0.05) is 30.2 Å². The molecule has 80 valence electrons. The summed E-state index contributed by atoms with van der Waals surface area (Å²) in [5.74, 6) is 0.707. The Bertz CT molecular complexity index is 365. The van der Waals surface area contributed by atoms with Crippen molar-refractivity contribution in [2.75, 3.05) is 23.9 Å². The first kappa shape index (κ1) is 10.5. The van der Waals surface area contributed by atoms with Crippen molar-refractivity contribution in [1.82, 2.24) is 0 Å². The predicted molar refractivity (Wildman–Crippen MR) is 63.1 cm³/mol. The molecule has 1 aliphatic rings. The van der Waals surface area contributed by atoms with Crippen molar-refractivity contribution in [3.63, 3.8) is 0 Å². The molecule has 0 amide bonds. The number of anilines is 1. The van der Waals surface area contributed by atoms with Crippen LogP contribution in [0.5, 0.6) is 0 Å². The molecule has 0 unspecified atom stereocenters. The number of carbonyl (C=O) groups excluding carboxylic acids is 1. The molecule has 0 N–H and O–H groups in total. The average Bonchev–Trinajstić information content (AvgIpc) is 2.68. The first-order valence-corrected chi connectivity index (χ1v) is 5.77. The molecule has 0 aromatic heterocycles. The highest BCUT2D eigenvalue weighted by atomic mass is 35.5. The van der Waals surface area contributed by atoms with Crippen LogP contribution >= 0.6 is 11.6 Å². The molecule has 2 rings (SSSR count). The highest BCUT2D eigenvalue weighted by molar-refractivity contribution is 6.17. The Balaban J connectivity index is 2.16. The molecular weight excluding hydrogens is 210 g/mol. The van der Waals surface area contributed by atoms with Crippen molar-refractivity contribution in [3.05, 3.63) is 29.3 Å². The number of benzene rings is 1. The number of nitrogens with zero attached hydrogens (tertiary/aromatic N) is 1. The third kappa shape index (κ3) is 2.15. The minimum atomic E-state index is 0.707. The molecule has 1 aromatic carbocycles. The molecular formula is C12H14ClNO. The van der Waals surface area contributed by atoms with Crippen LogP contribution in [0.4, 0.5) is 5.69 Å². The van der Waals surface area contributed by atoms with Gasteiger partial charge in [-0.3, -0.25) is 4.79 Å². The molecule has 15 heavy (non-hydrogen) atoms. The Morgan fingerprint density at radius 1 is 1.47 bits per heavy atom. The summed E-state index contributed by atoms with van der Waals surface area (Å²) < 4.78 is 0. The molecule has 0 atom stereocenters. The van der Waals surface area contributed by atoms with Crippen molar-refractivity contribution >= 4 is 23.6 Å². The van der Waals surface area contributed by atoms with Crippen LogP contribution < -0.4 is 4.90 Å². The predicted octanol–water partition coefficient (Wildman–Crippen LogP) is 2.49. The molecule has 3 heteroatoms. The number of rotatable bonds is 4. The smallest absolute Gasteiger partial charge is 0.150 e. The Hall–Kier alpha value is -1.02. The van der Waals surface area contributed by atoms with Crippen LogP contribution in [0.2, 0.25) is 0 Å². The van der Waals surface area contributed by atoms with Crippen LogP contribution in [0.25, 0.3) is 0 Å². The maximum Gasteiger partial charge on any atom is 0.150 e. The fourth-order valence-electron chi connectivity index (χ4n) is 2.05. The summed E-state index contributed by atoms with van der Waals surface area (Å²) in [5.41, 5.74) is 3.33. The molecule has 1 heterocycles. The molecule has 0 saturated carbocycles. The van der Waals surface area contributed by atoms with Gasteiger partial charge in [-0.25, -0.2) is 0 Å².